The van der Waals surface area contributed by atoms with Gasteiger partial charge >= 0.3 is 6.03 Å². The lowest BCUT2D eigenvalue weighted by Crippen LogP contribution is -2.19. The van der Waals surface area contributed by atoms with E-state index in [1.807, 2.05) is 55.5 Å². The molecule has 2 amide bonds. The van der Waals surface area contributed by atoms with Gasteiger partial charge in [-0.15, -0.1) is 0 Å². The molecule has 4 rings (SSSR count). The van der Waals surface area contributed by atoms with Crippen LogP contribution in [-0.2, 0) is 0 Å². The van der Waals surface area contributed by atoms with Crippen LogP contribution in [0.1, 0.15) is 5.56 Å². The van der Waals surface area contributed by atoms with Gasteiger partial charge in [-0.05, 0) is 13.0 Å². The molecule has 0 unspecified atom stereocenters. The third-order valence-corrected chi connectivity index (χ3v) is 5.21. The number of amides is 2. The molecular formula is C25H25N3O4. The van der Waals surface area contributed by atoms with E-state index >= 15 is 0 Å². The number of ether oxygens (including phenoxy) is 3. The maximum absolute atomic E-state index is 13.0. The lowest BCUT2D eigenvalue weighted by molar-refractivity contribution is 0.262. The highest BCUT2D eigenvalue weighted by atomic mass is 16.5. The van der Waals surface area contributed by atoms with Crippen molar-refractivity contribution in [2.75, 3.05) is 32.0 Å². The van der Waals surface area contributed by atoms with Crippen LogP contribution in [0.15, 0.2) is 60.7 Å². The number of methoxy groups -OCH3 is 3. The molecule has 0 bridgehead atoms. The Labute approximate surface area is 186 Å². The molecule has 7 nitrogen and oxygen atoms in total. The van der Waals surface area contributed by atoms with E-state index in [-0.39, 0.29) is 0 Å². The molecule has 0 saturated carbocycles. The number of carbonyl (C=O) groups excluding carboxylic acids is 1. The van der Waals surface area contributed by atoms with E-state index in [0.717, 1.165) is 22.2 Å². The number of hydrogen-bond donors (Lipinski definition) is 3. The number of fused-ring (bicyclic) bond motifs is 1. The molecule has 0 aliphatic heterocycles. The predicted molar refractivity (Wildman–Crippen MR) is 127 cm³/mol. The topological polar surface area (TPSA) is 84.6 Å². The Hall–Kier alpha value is -4.13. The number of rotatable bonds is 6. The van der Waals surface area contributed by atoms with Crippen molar-refractivity contribution in [1.82, 2.24) is 4.98 Å². The molecule has 0 fully saturated rings. The molecule has 3 aromatic carbocycles. The fourth-order valence-electron chi connectivity index (χ4n) is 3.64. The third kappa shape index (κ3) is 4.05. The zero-order chi connectivity index (χ0) is 22.7. The van der Waals surface area contributed by atoms with Gasteiger partial charge in [0, 0.05) is 28.6 Å². The number of urea groups is 1. The number of carbonyl (C=O) groups is 1. The number of H-pyrrole nitrogens is 1. The molecule has 1 heterocycles. The van der Waals surface area contributed by atoms with Gasteiger partial charge in [-0.3, -0.25) is 0 Å². The fourth-order valence-corrected chi connectivity index (χ4v) is 3.64. The summed E-state index contributed by atoms with van der Waals surface area (Å²) in [6, 6.07) is 19.0. The van der Waals surface area contributed by atoms with E-state index in [2.05, 4.69) is 15.6 Å². The summed E-state index contributed by atoms with van der Waals surface area (Å²) in [4.78, 5) is 16.4. The highest BCUT2D eigenvalue weighted by Gasteiger charge is 2.18. The van der Waals surface area contributed by atoms with Gasteiger partial charge in [0.15, 0.2) is 11.5 Å². The van der Waals surface area contributed by atoms with Crippen molar-refractivity contribution in [3.8, 4) is 28.5 Å². The van der Waals surface area contributed by atoms with E-state index in [1.54, 1.807) is 12.1 Å². The van der Waals surface area contributed by atoms with Crippen molar-refractivity contribution in [2.45, 2.75) is 6.92 Å². The van der Waals surface area contributed by atoms with Gasteiger partial charge in [0.05, 0.1) is 38.4 Å². The maximum atomic E-state index is 13.0. The largest absolute Gasteiger partial charge is 0.493 e. The second-order valence-corrected chi connectivity index (χ2v) is 7.28. The summed E-state index contributed by atoms with van der Waals surface area (Å²) in [6.45, 7) is 2.04. The van der Waals surface area contributed by atoms with Crippen molar-refractivity contribution < 1.29 is 19.0 Å². The second-order valence-electron chi connectivity index (χ2n) is 7.28. The van der Waals surface area contributed by atoms with Crippen LogP contribution in [0.3, 0.4) is 0 Å². The van der Waals surface area contributed by atoms with Crippen molar-refractivity contribution in [2.24, 2.45) is 0 Å². The molecule has 0 saturated heterocycles. The molecular weight excluding hydrogens is 406 g/mol. The third-order valence-electron chi connectivity index (χ3n) is 5.21. The number of benzene rings is 3. The van der Waals surface area contributed by atoms with Crippen LogP contribution >= 0.6 is 0 Å². The van der Waals surface area contributed by atoms with Crippen molar-refractivity contribution >= 4 is 28.3 Å². The molecule has 7 heteroatoms. The van der Waals surface area contributed by atoms with E-state index in [1.165, 1.54) is 26.9 Å². The first kappa shape index (κ1) is 21.1. The maximum Gasteiger partial charge on any atom is 0.323 e. The standard InChI is InChI=1S/C25H25N3O4/c1-15-9-11-16(12-10-15)22-23(18-7-5-6-8-19(18)27-22)28-25(29)26-17-13-20(30-2)24(32-4)21(14-17)31-3/h5-14,27H,1-4H3,(H2,26,28,29). The molecule has 3 N–H and O–H groups in total. The highest BCUT2D eigenvalue weighted by molar-refractivity contribution is 6.10. The van der Waals surface area contributed by atoms with Crippen molar-refractivity contribution in [3.63, 3.8) is 0 Å². The summed E-state index contributed by atoms with van der Waals surface area (Å²) in [5.41, 5.74) is 5.13. The fraction of sp³-hybridized carbons (Fsp3) is 0.160. The number of hydrogen-bond acceptors (Lipinski definition) is 4. The number of anilines is 2. The minimum atomic E-state index is -0.391. The smallest absolute Gasteiger partial charge is 0.323 e. The number of para-hydroxylation sites is 1. The van der Waals surface area contributed by atoms with Crippen LogP contribution in [-0.4, -0.2) is 32.3 Å². The lowest BCUT2D eigenvalue weighted by atomic mass is 10.1. The number of aromatic amines is 1. The monoisotopic (exact) mass is 431 g/mol. The Morgan fingerprint density at radius 3 is 2.12 bits per heavy atom. The number of aromatic nitrogens is 1. The predicted octanol–water partition coefficient (Wildman–Crippen LogP) is 5.81. The zero-order valence-electron chi connectivity index (χ0n) is 18.4. The normalized spacial score (nSPS) is 10.6. The quantitative estimate of drug-likeness (QED) is 0.359. The molecule has 0 aliphatic carbocycles. The molecule has 0 radical (unpaired) electrons. The Bertz CT molecular complexity index is 1240. The number of nitrogens with one attached hydrogen (secondary N) is 3. The summed E-state index contributed by atoms with van der Waals surface area (Å²) in [7, 11) is 4.59. The van der Waals surface area contributed by atoms with Gasteiger partial charge in [0.2, 0.25) is 5.75 Å². The summed E-state index contributed by atoms with van der Waals surface area (Å²) >= 11 is 0. The zero-order valence-corrected chi connectivity index (χ0v) is 18.4. The number of aryl methyl sites for hydroxylation is 1. The van der Waals surface area contributed by atoms with E-state index < -0.39 is 6.03 Å². The molecule has 0 aliphatic rings. The van der Waals surface area contributed by atoms with E-state index in [0.29, 0.717) is 28.6 Å². The van der Waals surface area contributed by atoms with Crippen molar-refractivity contribution in [3.05, 3.63) is 66.2 Å². The first-order valence-electron chi connectivity index (χ1n) is 10.1. The summed E-state index contributed by atoms with van der Waals surface area (Å²) in [6.07, 6.45) is 0. The Kier molecular flexibility index (Phi) is 5.89. The average molecular weight is 431 g/mol. The molecule has 0 atom stereocenters. The first-order valence-corrected chi connectivity index (χ1v) is 10.1. The average Bonchev–Trinajstić information content (AvgIpc) is 3.17. The van der Waals surface area contributed by atoms with Crippen LogP contribution in [0.5, 0.6) is 17.2 Å². The molecule has 4 aromatic rings. The molecule has 0 spiro atoms. The van der Waals surface area contributed by atoms with E-state index in [4.69, 9.17) is 14.2 Å². The SMILES string of the molecule is COc1cc(NC(=O)Nc2c(-c3ccc(C)cc3)[nH]c3ccccc23)cc(OC)c1OC. The lowest BCUT2D eigenvalue weighted by Gasteiger charge is -2.15. The highest BCUT2D eigenvalue weighted by Crippen LogP contribution is 2.40. The van der Waals surface area contributed by atoms with Gasteiger partial charge in [0.1, 0.15) is 0 Å². The Morgan fingerprint density at radius 2 is 1.50 bits per heavy atom. The molecule has 32 heavy (non-hydrogen) atoms. The minimum Gasteiger partial charge on any atom is -0.493 e. The first-order chi connectivity index (χ1) is 15.5. The van der Waals surface area contributed by atoms with Gasteiger partial charge < -0.3 is 29.8 Å². The van der Waals surface area contributed by atoms with Gasteiger partial charge in [-0.1, -0.05) is 48.0 Å². The molecule has 164 valence electrons. The Morgan fingerprint density at radius 1 is 0.844 bits per heavy atom. The van der Waals surface area contributed by atoms with E-state index in [9.17, 15) is 4.79 Å². The van der Waals surface area contributed by atoms with Crippen LogP contribution in [0.2, 0.25) is 0 Å². The molecule has 1 aromatic heterocycles. The Balaban J connectivity index is 1.67. The van der Waals surface area contributed by atoms with Gasteiger partial charge in [-0.25, -0.2) is 4.79 Å². The van der Waals surface area contributed by atoms with Crippen LogP contribution in [0.4, 0.5) is 16.2 Å². The second kappa shape index (κ2) is 8.93. The van der Waals surface area contributed by atoms with Crippen LogP contribution in [0, 0.1) is 6.92 Å². The summed E-state index contributed by atoms with van der Waals surface area (Å²) in [5.74, 6) is 1.36. The van der Waals surface area contributed by atoms with Crippen LogP contribution in [0.25, 0.3) is 22.2 Å². The summed E-state index contributed by atoms with van der Waals surface area (Å²) < 4.78 is 16.1. The van der Waals surface area contributed by atoms with Gasteiger partial charge in [-0.2, -0.15) is 0 Å². The van der Waals surface area contributed by atoms with Crippen LogP contribution < -0.4 is 24.8 Å². The van der Waals surface area contributed by atoms with Gasteiger partial charge in [0.25, 0.3) is 0 Å². The minimum absolute atomic E-state index is 0.391. The summed E-state index contributed by atoms with van der Waals surface area (Å²) in [5, 5.41) is 6.78. The van der Waals surface area contributed by atoms with Crippen molar-refractivity contribution in [1.29, 1.82) is 0 Å².